The van der Waals surface area contributed by atoms with Crippen molar-refractivity contribution in [2.45, 2.75) is 39.5 Å². The predicted octanol–water partition coefficient (Wildman–Crippen LogP) is 4.97. The summed E-state index contributed by atoms with van der Waals surface area (Å²) in [5.41, 5.74) is 2.46. The number of halogens is 1. The zero-order valence-electron chi connectivity index (χ0n) is 15.4. The Kier molecular flexibility index (Phi) is 6.29. The van der Waals surface area contributed by atoms with Crippen molar-refractivity contribution in [1.29, 1.82) is 0 Å². The van der Waals surface area contributed by atoms with Gasteiger partial charge in [0.15, 0.2) is 0 Å². The highest BCUT2D eigenvalue weighted by molar-refractivity contribution is 6.30. The number of nitrogens with one attached hydrogen (secondary N) is 1. The van der Waals surface area contributed by atoms with Gasteiger partial charge in [-0.2, -0.15) is 0 Å². The summed E-state index contributed by atoms with van der Waals surface area (Å²) in [6, 6.07) is 7.50. The average molecular weight is 388 g/mol. The first-order valence-corrected chi connectivity index (χ1v) is 9.38. The number of carbonyl (C=O) groups is 1. The van der Waals surface area contributed by atoms with Gasteiger partial charge in [-0.1, -0.05) is 23.7 Å². The van der Waals surface area contributed by atoms with Gasteiger partial charge in [-0.3, -0.25) is 4.79 Å². The van der Waals surface area contributed by atoms with E-state index in [9.17, 15) is 4.79 Å². The number of oxazole rings is 1. The molecule has 2 heterocycles. The number of hydrogen-bond acceptors (Lipinski definition) is 5. The standard InChI is InChI=1S/C20H22ClN3O3/c1-3-26-18(25)7-5-4-6-17-19(14-8-10-15(21)11-9-14)24-20(27-17)16-12-22-13(2)23-16/h8-12H,3-7H2,1-2H3,(H,22,23). The SMILES string of the molecule is CCOC(=O)CCCCc1oc(-c2cnc(C)[nH]2)nc1-c1ccc(Cl)cc1. The molecule has 142 valence electrons. The summed E-state index contributed by atoms with van der Waals surface area (Å²) in [7, 11) is 0. The van der Waals surface area contributed by atoms with Gasteiger partial charge in [0.25, 0.3) is 0 Å². The molecular weight excluding hydrogens is 366 g/mol. The Hall–Kier alpha value is -2.60. The number of aryl methyl sites for hydroxylation is 2. The smallest absolute Gasteiger partial charge is 0.305 e. The molecule has 1 aromatic carbocycles. The molecule has 0 aliphatic rings. The first-order valence-electron chi connectivity index (χ1n) is 9.00. The molecule has 0 amide bonds. The Bertz CT molecular complexity index is 900. The Morgan fingerprint density at radius 3 is 2.70 bits per heavy atom. The molecule has 2 aromatic heterocycles. The molecule has 0 atom stereocenters. The van der Waals surface area contributed by atoms with Crippen LogP contribution in [-0.4, -0.2) is 27.5 Å². The highest BCUT2D eigenvalue weighted by Crippen LogP contribution is 2.30. The number of hydrogen-bond donors (Lipinski definition) is 1. The second kappa shape index (κ2) is 8.86. The number of imidazole rings is 1. The van der Waals surface area contributed by atoms with Gasteiger partial charge in [0.05, 0.1) is 12.8 Å². The van der Waals surface area contributed by atoms with Crippen LogP contribution in [0.2, 0.25) is 5.02 Å². The van der Waals surface area contributed by atoms with Crippen molar-refractivity contribution in [1.82, 2.24) is 15.0 Å². The van der Waals surface area contributed by atoms with Crippen molar-refractivity contribution in [3.63, 3.8) is 0 Å². The topological polar surface area (TPSA) is 81.0 Å². The molecule has 0 saturated carbocycles. The van der Waals surface area contributed by atoms with Crippen LogP contribution in [0.3, 0.4) is 0 Å². The highest BCUT2D eigenvalue weighted by atomic mass is 35.5. The van der Waals surface area contributed by atoms with Crippen molar-refractivity contribution in [2.75, 3.05) is 6.61 Å². The van der Waals surface area contributed by atoms with Crippen molar-refractivity contribution < 1.29 is 13.9 Å². The Morgan fingerprint density at radius 1 is 1.26 bits per heavy atom. The Labute approximate surface area is 162 Å². The van der Waals surface area contributed by atoms with E-state index in [4.69, 9.17) is 20.8 Å². The van der Waals surface area contributed by atoms with Gasteiger partial charge < -0.3 is 14.1 Å². The van der Waals surface area contributed by atoms with Crippen LogP contribution in [0.15, 0.2) is 34.9 Å². The molecule has 0 aliphatic carbocycles. The molecule has 3 aromatic rings. The summed E-state index contributed by atoms with van der Waals surface area (Å²) < 4.78 is 11.0. The van der Waals surface area contributed by atoms with E-state index in [-0.39, 0.29) is 5.97 Å². The van der Waals surface area contributed by atoms with Crippen molar-refractivity contribution in [2.24, 2.45) is 0 Å². The number of aromatic nitrogens is 3. The zero-order valence-corrected chi connectivity index (χ0v) is 16.2. The Morgan fingerprint density at radius 2 is 2.04 bits per heavy atom. The molecular formula is C20H22ClN3O3. The summed E-state index contributed by atoms with van der Waals surface area (Å²) in [5, 5.41) is 0.669. The number of benzene rings is 1. The monoisotopic (exact) mass is 387 g/mol. The van der Waals surface area contributed by atoms with Crippen molar-refractivity contribution in [3.05, 3.63) is 47.1 Å². The van der Waals surface area contributed by atoms with E-state index in [1.807, 2.05) is 38.1 Å². The van der Waals surface area contributed by atoms with Crippen molar-refractivity contribution >= 4 is 17.6 Å². The number of aromatic amines is 1. The zero-order chi connectivity index (χ0) is 19.2. The third-order valence-corrected chi connectivity index (χ3v) is 4.34. The normalized spacial score (nSPS) is 10.9. The van der Waals surface area contributed by atoms with Gasteiger partial charge in [0, 0.05) is 23.4 Å². The van der Waals surface area contributed by atoms with E-state index in [1.165, 1.54) is 0 Å². The third-order valence-electron chi connectivity index (χ3n) is 4.09. The maximum Gasteiger partial charge on any atom is 0.305 e. The highest BCUT2D eigenvalue weighted by Gasteiger charge is 2.17. The lowest BCUT2D eigenvalue weighted by Crippen LogP contribution is -2.03. The van der Waals surface area contributed by atoms with E-state index >= 15 is 0 Å². The molecule has 3 rings (SSSR count). The fourth-order valence-electron chi connectivity index (χ4n) is 2.79. The second-order valence-corrected chi connectivity index (χ2v) is 6.63. The van der Waals surface area contributed by atoms with E-state index in [1.54, 1.807) is 6.20 Å². The van der Waals surface area contributed by atoms with Crippen LogP contribution in [0.25, 0.3) is 22.8 Å². The minimum Gasteiger partial charge on any atom is -0.466 e. The van der Waals surface area contributed by atoms with E-state index in [2.05, 4.69) is 15.0 Å². The third kappa shape index (κ3) is 4.98. The minimum absolute atomic E-state index is 0.165. The fourth-order valence-corrected chi connectivity index (χ4v) is 2.91. The van der Waals surface area contributed by atoms with Crippen LogP contribution >= 0.6 is 11.6 Å². The summed E-state index contributed by atoms with van der Waals surface area (Å²) in [6.07, 6.45) is 4.33. The van der Waals surface area contributed by atoms with Gasteiger partial charge in [0.2, 0.25) is 5.89 Å². The van der Waals surface area contributed by atoms with Crippen LogP contribution in [0.4, 0.5) is 0 Å². The second-order valence-electron chi connectivity index (χ2n) is 6.19. The minimum atomic E-state index is -0.165. The quantitative estimate of drug-likeness (QED) is 0.436. The molecule has 0 fully saturated rings. The number of esters is 1. The lowest BCUT2D eigenvalue weighted by Gasteiger charge is -2.03. The Balaban J connectivity index is 1.79. The van der Waals surface area contributed by atoms with E-state index in [0.29, 0.717) is 30.4 Å². The van der Waals surface area contributed by atoms with Crippen LogP contribution < -0.4 is 0 Å². The predicted molar refractivity (Wildman–Crippen MR) is 103 cm³/mol. The van der Waals surface area contributed by atoms with Crippen LogP contribution in [0.5, 0.6) is 0 Å². The number of nitrogens with zero attached hydrogens (tertiary/aromatic N) is 2. The van der Waals surface area contributed by atoms with Gasteiger partial charge in [-0.25, -0.2) is 9.97 Å². The van der Waals surface area contributed by atoms with E-state index in [0.717, 1.165) is 41.4 Å². The molecule has 0 spiro atoms. The molecule has 27 heavy (non-hydrogen) atoms. The van der Waals surface area contributed by atoms with Gasteiger partial charge in [-0.05, 0) is 38.8 Å². The summed E-state index contributed by atoms with van der Waals surface area (Å²) >= 11 is 6.00. The number of carbonyl (C=O) groups excluding carboxylic acids is 1. The molecule has 0 saturated heterocycles. The summed E-state index contributed by atoms with van der Waals surface area (Å²) in [4.78, 5) is 23.5. The summed E-state index contributed by atoms with van der Waals surface area (Å²) in [5.74, 6) is 1.92. The number of H-pyrrole nitrogens is 1. The largest absolute Gasteiger partial charge is 0.466 e. The average Bonchev–Trinajstić information content (AvgIpc) is 3.26. The molecule has 7 heteroatoms. The van der Waals surface area contributed by atoms with Crippen molar-refractivity contribution in [3.8, 4) is 22.8 Å². The number of rotatable bonds is 8. The lowest BCUT2D eigenvalue weighted by molar-refractivity contribution is -0.143. The van der Waals surface area contributed by atoms with Crippen LogP contribution in [-0.2, 0) is 16.0 Å². The van der Waals surface area contributed by atoms with Gasteiger partial charge in [-0.15, -0.1) is 0 Å². The first-order chi connectivity index (χ1) is 13.1. The molecule has 6 nitrogen and oxygen atoms in total. The maximum absolute atomic E-state index is 11.5. The lowest BCUT2D eigenvalue weighted by atomic mass is 10.1. The fraction of sp³-hybridized carbons (Fsp3) is 0.350. The molecule has 0 unspecified atom stereocenters. The van der Waals surface area contributed by atoms with Gasteiger partial charge >= 0.3 is 5.97 Å². The first kappa shape index (κ1) is 19.2. The molecule has 0 aliphatic heterocycles. The van der Waals surface area contributed by atoms with Gasteiger partial charge in [0.1, 0.15) is 23.0 Å². The number of unbranched alkanes of at least 4 members (excludes halogenated alkanes) is 1. The van der Waals surface area contributed by atoms with Crippen LogP contribution in [0.1, 0.15) is 37.8 Å². The summed E-state index contributed by atoms with van der Waals surface area (Å²) in [6.45, 7) is 4.10. The van der Waals surface area contributed by atoms with E-state index < -0.39 is 0 Å². The molecule has 0 radical (unpaired) electrons. The number of ether oxygens (including phenoxy) is 1. The maximum atomic E-state index is 11.5. The molecule has 0 bridgehead atoms. The van der Waals surface area contributed by atoms with Crippen LogP contribution in [0, 0.1) is 6.92 Å². The molecule has 1 N–H and O–H groups in total.